The maximum absolute atomic E-state index is 11.3. The van der Waals surface area contributed by atoms with Crippen LogP contribution in [0.15, 0.2) is 11.5 Å². The lowest BCUT2D eigenvalue weighted by Crippen LogP contribution is -2.09. The summed E-state index contributed by atoms with van der Waals surface area (Å²) in [6, 6.07) is 0. The Hall–Kier alpha value is -1.04. The van der Waals surface area contributed by atoms with Gasteiger partial charge in [-0.2, -0.15) is 5.10 Å². The average Bonchev–Trinajstić information content (AvgIpc) is 2.83. The zero-order chi connectivity index (χ0) is 10.7. The predicted octanol–water partition coefficient (Wildman–Crippen LogP) is 1.24. The highest BCUT2D eigenvalue weighted by molar-refractivity contribution is 7.99. The lowest BCUT2D eigenvalue weighted by atomic mass is 10.0. The van der Waals surface area contributed by atoms with Gasteiger partial charge in [-0.15, -0.1) is 0 Å². The molecular formula is C9H13N3O2S. The number of esters is 1. The number of aromatic nitrogens is 3. The fraction of sp³-hybridized carbons (Fsp3) is 0.667. The first-order valence-electron chi connectivity index (χ1n) is 4.98. The minimum Gasteiger partial charge on any atom is -0.461 e. The number of nitrogens with zero attached hydrogens (tertiary/aromatic N) is 2. The van der Waals surface area contributed by atoms with E-state index in [-0.39, 0.29) is 18.0 Å². The molecule has 0 saturated carbocycles. The smallest absolute Gasteiger partial charge is 0.309 e. The normalized spacial score (nSPS) is 25.5. The molecule has 1 aliphatic rings. The second kappa shape index (κ2) is 4.65. The van der Waals surface area contributed by atoms with E-state index in [9.17, 15) is 4.79 Å². The molecule has 15 heavy (non-hydrogen) atoms. The average molecular weight is 227 g/mol. The second-order valence-corrected chi connectivity index (χ2v) is 4.51. The molecule has 82 valence electrons. The number of cyclic esters (lactones) is 1. The fourth-order valence-corrected chi connectivity index (χ4v) is 2.38. The molecule has 1 aliphatic heterocycles. The molecule has 0 amide bonds. The van der Waals surface area contributed by atoms with Crippen LogP contribution < -0.4 is 0 Å². The molecule has 0 unspecified atom stereocenters. The van der Waals surface area contributed by atoms with Gasteiger partial charge in [-0.25, -0.2) is 4.98 Å². The van der Waals surface area contributed by atoms with Crippen molar-refractivity contribution in [3.63, 3.8) is 0 Å². The Labute approximate surface area is 92.0 Å². The Morgan fingerprint density at radius 2 is 2.60 bits per heavy atom. The molecule has 1 fully saturated rings. The van der Waals surface area contributed by atoms with Crippen molar-refractivity contribution in [1.29, 1.82) is 0 Å². The molecule has 0 aromatic carbocycles. The van der Waals surface area contributed by atoms with Gasteiger partial charge in [0.1, 0.15) is 12.4 Å². The Morgan fingerprint density at radius 1 is 1.73 bits per heavy atom. The molecular weight excluding hydrogens is 214 g/mol. The van der Waals surface area contributed by atoms with Crippen molar-refractivity contribution in [2.75, 3.05) is 5.75 Å². The third kappa shape index (κ3) is 2.50. The van der Waals surface area contributed by atoms with Crippen LogP contribution in [0.1, 0.15) is 19.8 Å². The van der Waals surface area contributed by atoms with Crippen LogP contribution in [0, 0.1) is 5.92 Å². The van der Waals surface area contributed by atoms with E-state index in [1.54, 1.807) is 0 Å². The van der Waals surface area contributed by atoms with Gasteiger partial charge in [0.2, 0.25) is 0 Å². The molecule has 2 atom stereocenters. The van der Waals surface area contributed by atoms with Gasteiger partial charge in [0, 0.05) is 5.75 Å². The van der Waals surface area contributed by atoms with E-state index in [4.69, 9.17) is 4.74 Å². The van der Waals surface area contributed by atoms with E-state index in [1.807, 2.05) is 6.92 Å². The van der Waals surface area contributed by atoms with Gasteiger partial charge in [0.15, 0.2) is 5.16 Å². The van der Waals surface area contributed by atoms with E-state index >= 15 is 0 Å². The van der Waals surface area contributed by atoms with E-state index in [2.05, 4.69) is 15.2 Å². The number of hydrogen-bond acceptors (Lipinski definition) is 5. The molecule has 0 spiro atoms. The summed E-state index contributed by atoms with van der Waals surface area (Å²) < 4.78 is 5.24. The molecule has 0 bridgehead atoms. The van der Waals surface area contributed by atoms with E-state index in [0.717, 1.165) is 23.8 Å². The minimum atomic E-state index is -0.0549. The quantitative estimate of drug-likeness (QED) is 0.619. The summed E-state index contributed by atoms with van der Waals surface area (Å²) >= 11 is 1.53. The van der Waals surface area contributed by atoms with Gasteiger partial charge in [-0.05, 0) is 12.8 Å². The maximum Gasteiger partial charge on any atom is 0.309 e. The topological polar surface area (TPSA) is 67.9 Å². The number of nitrogens with one attached hydrogen (secondary N) is 1. The van der Waals surface area contributed by atoms with Crippen molar-refractivity contribution in [3.05, 3.63) is 6.33 Å². The zero-order valence-electron chi connectivity index (χ0n) is 8.47. The third-order valence-corrected chi connectivity index (χ3v) is 3.46. The number of carbonyl (C=O) groups excluding carboxylic acids is 1. The molecule has 5 nitrogen and oxygen atoms in total. The first kappa shape index (κ1) is 10.5. The lowest BCUT2D eigenvalue weighted by molar-refractivity contribution is -0.143. The SMILES string of the molecule is CC[C@H]1C[C@@H](CSc2ncn[nH]2)OC1=O. The summed E-state index contributed by atoms with van der Waals surface area (Å²) in [5.41, 5.74) is 0. The predicted molar refractivity (Wildman–Crippen MR) is 55.4 cm³/mol. The Balaban J connectivity index is 1.80. The Bertz CT molecular complexity index is 328. The number of aromatic amines is 1. The van der Waals surface area contributed by atoms with Gasteiger partial charge in [0.25, 0.3) is 0 Å². The summed E-state index contributed by atoms with van der Waals surface area (Å²) in [4.78, 5) is 15.3. The van der Waals surface area contributed by atoms with Crippen LogP contribution in [0.25, 0.3) is 0 Å². The molecule has 2 heterocycles. The molecule has 1 aromatic heterocycles. The van der Waals surface area contributed by atoms with Crippen LogP contribution in [0.3, 0.4) is 0 Å². The molecule has 2 rings (SSSR count). The summed E-state index contributed by atoms with van der Waals surface area (Å²) in [5.74, 6) is 0.781. The van der Waals surface area contributed by atoms with Gasteiger partial charge >= 0.3 is 5.97 Å². The van der Waals surface area contributed by atoms with Crippen LogP contribution >= 0.6 is 11.8 Å². The van der Waals surface area contributed by atoms with Crippen LogP contribution in [0.2, 0.25) is 0 Å². The Kier molecular flexibility index (Phi) is 3.25. The first-order valence-corrected chi connectivity index (χ1v) is 5.96. The number of carbonyl (C=O) groups is 1. The molecule has 1 saturated heterocycles. The first-order chi connectivity index (χ1) is 7.29. The number of rotatable bonds is 4. The summed E-state index contributed by atoms with van der Waals surface area (Å²) in [5, 5.41) is 7.28. The van der Waals surface area contributed by atoms with Crippen molar-refractivity contribution >= 4 is 17.7 Å². The minimum absolute atomic E-state index is 0.0255. The largest absolute Gasteiger partial charge is 0.461 e. The molecule has 0 aliphatic carbocycles. The number of hydrogen-bond donors (Lipinski definition) is 1. The summed E-state index contributed by atoms with van der Waals surface area (Å²) in [7, 11) is 0. The number of H-pyrrole nitrogens is 1. The number of thioether (sulfide) groups is 1. The van der Waals surface area contributed by atoms with Gasteiger partial charge in [0.05, 0.1) is 5.92 Å². The van der Waals surface area contributed by atoms with Crippen LogP contribution in [-0.2, 0) is 9.53 Å². The summed E-state index contributed by atoms with van der Waals surface area (Å²) in [6.45, 7) is 2.01. The highest BCUT2D eigenvalue weighted by atomic mass is 32.2. The standard InChI is InChI=1S/C9H13N3O2S/c1-2-6-3-7(14-8(6)13)4-15-9-10-5-11-12-9/h5-7H,2-4H2,1H3,(H,10,11,12)/t6-,7-/m0/s1. The highest BCUT2D eigenvalue weighted by Crippen LogP contribution is 2.27. The van der Waals surface area contributed by atoms with Gasteiger partial charge < -0.3 is 4.74 Å². The second-order valence-electron chi connectivity index (χ2n) is 3.50. The number of ether oxygens (including phenoxy) is 1. The van der Waals surface area contributed by atoms with E-state index < -0.39 is 0 Å². The van der Waals surface area contributed by atoms with Crippen LogP contribution in [0.4, 0.5) is 0 Å². The van der Waals surface area contributed by atoms with E-state index in [0.29, 0.717) is 0 Å². The Morgan fingerprint density at radius 3 is 3.20 bits per heavy atom. The van der Waals surface area contributed by atoms with Crippen molar-refractivity contribution in [1.82, 2.24) is 15.2 Å². The van der Waals surface area contributed by atoms with Crippen LogP contribution in [0.5, 0.6) is 0 Å². The van der Waals surface area contributed by atoms with Crippen LogP contribution in [-0.4, -0.2) is 33.0 Å². The third-order valence-electron chi connectivity index (χ3n) is 2.46. The van der Waals surface area contributed by atoms with Crippen molar-refractivity contribution in [2.24, 2.45) is 5.92 Å². The fourth-order valence-electron chi connectivity index (χ4n) is 1.59. The molecule has 1 aromatic rings. The van der Waals surface area contributed by atoms with Gasteiger partial charge in [-0.1, -0.05) is 18.7 Å². The maximum atomic E-state index is 11.3. The monoisotopic (exact) mass is 227 g/mol. The van der Waals surface area contributed by atoms with E-state index in [1.165, 1.54) is 18.1 Å². The van der Waals surface area contributed by atoms with Crippen molar-refractivity contribution < 1.29 is 9.53 Å². The van der Waals surface area contributed by atoms with Crippen molar-refractivity contribution in [3.8, 4) is 0 Å². The van der Waals surface area contributed by atoms with Crippen molar-refractivity contribution in [2.45, 2.75) is 31.0 Å². The molecule has 0 radical (unpaired) electrons. The summed E-state index contributed by atoms with van der Waals surface area (Å²) in [6.07, 6.45) is 3.19. The van der Waals surface area contributed by atoms with Gasteiger partial charge in [-0.3, -0.25) is 9.89 Å². The molecule has 6 heteroatoms. The zero-order valence-corrected chi connectivity index (χ0v) is 9.29. The molecule has 1 N–H and O–H groups in total. The highest BCUT2D eigenvalue weighted by Gasteiger charge is 2.32. The lowest BCUT2D eigenvalue weighted by Gasteiger charge is -2.05.